The largest absolute Gasteiger partial charge is 0.494 e. The summed E-state index contributed by atoms with van der Waals surface area (Å²) in [6.07, 6.45) is 1.16. The average Bonchev–Trinajstić information content (AvgIpc) is 2.72. The molecule has 1 aromatic heterocycles. The Morgan fingerprint density at radius 3 is 2.88 bits per heavy atom. The fourth-order valence-electron chi connectivity index (χ4n) is 1.92. The van der Waals surface area contributed by atoms with Gasteiger partial charge in [-0.05, 0) is 44.2 Å². The summed E-state index contributed by atoms with van der Waals surface area (Å²) in [7, 11) is 0. The van der Waals surface area contributed by atoms with Gasteiger partial charge in [-0.1, -0.05) is 6.92 Å². The van der Waals surface area contributed by atoms with Gasteiger partial charge in [0.2, 0.25) is 0 Å². The molecule has 0 saturated heterocycles. The van der Waals surface area contributed by atoms with Gasteiger partial charge in [-0.2, -0.15) is 0 Å². The maximum atomic E-state index is 5.49. The average molecular weight is 232 g/mol. The van der Waals surface area contributed by atoms with Crippen LogP contribution in [0.3, 0.4) is 0 Å². The number of aromatic amines is 1. The first-order chi connectivity index (χ1) is 8.33. The van der Waals surface area contributed by atoms with Crippen molar-refractivity contribution in [3.8, 4) is 5.75 Å². The molecule has 0 radical (unpaired) electrons. The summed E-state index contributed by atoms with van der Waals surface area (Å²) in [5, 5.41) is 4.60. The Morgan fingerprint density at radius 2 is 2.12 bits per heavy atom. The Bertz CT molecular complexity index is 476. The van der Waals surface area contributed by atoms with Crippen LogP contribution in [0, 0.1) is 0 Å². The predicted molar refractivity (Wildman–Crippen MR) is 71.5 cm³/mol. The molecular formula is C14H20N2O. The van der Waals surface area contributed by atoms with Gasteiger partial charge in [0.25, 0.3) is 0 Å². The Balaban J connectivity index is 2.12. The fraction of sp³-hybridized carbons (Fsp3) is 0.429. The van der Waals surface area contributed by atoms with E-state index in [4.69, 9.17) is 4.74 Å². The second-order valence-corrected chi connectivity index (χ2v) is 4.15. The quantitative estimate of drug-likeness (QED) is 0.751. The molecule has 0 aliphatic rings. The Kier molecular flexibility index (Phi) is 4.04. The van der Waals surface area contributed by atoms with Crippen LogP contribution in [0.1, 0.15) is 26.0 Å². The SMILES string of the molecule is CCCNCc1cc2cc(OCC)ccc2[nH]1. The van der Waals surface area contributed by atoms with Gasteiger partial charge < -0.3 is 15.0 Å². The highest BCUT2D eigenvalue weighted by Crippen LogP contribution is 2.21. The topological polar surface area (TPSA) is 37.0 Å². The summed E-state index contributed by atoms with van der Waals surface area (Å²) < 4.78 is 5.49. The molecule has 0 unspecified atom stereocenters. The zero-order valence-electron chi connectivity index (χ0n) is 10.5. The maximum absolute atomic E-state index is 5.49. The number of aromatic nitrogens is 1. The Labute approximate surface area is 102 Å². The van der Waals surface area contributed by atoms with Crippen LogP contribution in [-0.2, 0) is 6.54 Å². The van der Waals surface area contributed by atoms with Gasteiger partial charge in [-0.15, -0.1) is 0 Å². The minimum atomic E-state index is 0.709. The van der Waals surface area contributed by atoms with E-state index in [9.17, 15) is 0 Å². The third-order valence-corrected chi connectivity index (χ3v) is 2.70. The van der Waals surface area contributed by atoms with Crippen LogP contribution < -0.4 is 10.1 Å². The van der Waals surface area contributed by atoms with Crippen molar-refractivity contribution in [2.75, 3.05) is 13.2 Å². The van der Waals surface area contributed by atoms with Gasteiger partial charge >= 0.3 is 0 Å². The van der Waals surface area contributed by atoms with E-state index in [-0.39, 0.29) is 0 Å². The second-order valence-electron chi connectivity index (χ2n) is 4.15. The first-order valence-electron chi connectivity index (χ1n) is 6.28. The van der Waals surface area contributed by atoms with Crippen LogP contribution in [0.25, 0.3) is 10.9 Å². The van der Waals surface area contributed by atoms with Crippen molar-refractivity contribution in [2.45, 2.75) is 26.8 Å². The zero-order valence-corrected chi connectivity index (χ0v) is 10.5. The molecule has 0 aliphatic heterocycles. The van der Waals surface area contributed by atoms with Crippen LogP contribution in [-0.4, -0.2) is 18.1 Å². The molecule has 92 valence electrons. The van der Waals surface area contributed by atoms with Crippen LogP contribution in [0.4, 0.5) is 0 Å². The van der Waals surface area contributed by atoms with Gasteiger partial charge in [0, 0.05) is 23.1 Å². The lowest BCUT2D eigenvalue weighted by Gasteiger charge is -2.01. The highest BCUT2D eigenvalue weighted by Gasteiger charge is 2.02. The van der Waals surface area contributed by atoms with Crippen LogP contribution >= 0.6 is 0 Å². The van der Waals surface area contributed by atoms with Crippen molar-refractivity contribution in [2.24, 2.45) is 0 Å². The summed E-state index contributed by atoms with van der Waals surface area (Å²) in [4.78, 5) is 3.41. The van der Waals surface area contributed by atoms with Gasteiger partial charge in [-0.3, -0.25) is 0 Å². The highest BCUT2D eigenvalue weighted by atomic mass is 16.5. The maximum Gasteiger partial charge on any atom is 0.120 e. The zero-order chi connectivity index (χ0) is 12.1. The standard InChI is InChI=1S/C14H20N2O/c1-3-7-15-10-12-8-11-9-13(17-4-2)5-6-14(11)16-12/h5-6,8-9,15-16H,3-4,7,10H2,1-2H3. The number of hydrogen-bond donors (Lipinski definition) is 2. The van der Waals surface area contributed by atoms with Crippen molar-refractivity contribution in [3.05, 3.63) is 30.0 Å². The van der Waals surface area contributed by atoms with Crippen LogP contribution in [0.5, 0.6) is 5.75 Å². The molecule has 2 rings (SSSR count). The number of ether oxygens (including phenoxy) is 1. The number of hydrogen-bond acceptors (Lipinski definition) is 2. The number of fused-ring (bicyclic) bond motifs is 1. The summed E-state index contributed by atoms with van der Waals surface area (Å²) in [5.74, 6) is 0.937. The van der Waals surface area contributed by atoms with Crippen LogP contribution in [0.2, 0.25) is 0 Å². The summed E-state index contributed by atoms with van der Waals surface area (Å²) in [5.41, 5.74) is 2.39. The third kappa shape index (κ3) is 3.01. The van der Waals surface area contributed by atoms with Crippen molar-refractivity contribution in [1.82, 2.24) is 10.3 Å². The Hall–Kier alpha value is -1.48. The Morgan fingerprint density at radius 1 is 1.24 bits per heavy atom. The summed E-state index contributed by atoms with van der Waals surface area (Å²) in [6, 6.07) is 8.34. The molecule has 0 bridgehead atoms. The van der Waals surface area contributed by atoms with Gasteiger partial charge in [-0.25, -0.2) is 0 Å². The molecule has 2 aromatic rings. The molecule has 0 spiro atoms. The van der Waals surface area contributed by atoms with E-state index in [2.05, 4.69) is 35.4 Å². The number of rotatable bonds is 6. The van der Waals surface area contributed by atoms with Gasteiger partial charge in [0.05, 0.1) is 6.61 Å². The molecule has 1 aromatic carbocycles. The molecule has 0 amide bonds. The minimum absolute atomic E-state index is 0.709. The summed E-state index contributed by atoms with van der Waals surface area (Å²) >= 11 is 0. The molecule has 0 fully saturated rings. The first kappa shape index (κ1) is 12.0. The van der Waals surface area contributed by atoms with Gasteiger partial charge in [0.15, 0.2) is 0 Å². The number of H-pyrrole nitrogens is 1. The number of nitrogens with one attached hydrogen (secondary N) is 2. The smallest absolute Gasteiger partial charge is 0.120 e. The van der Waals surface area contributed by atoms with E-state index in [0.29, 0.717) is 6.61 Å². The summed E-state index contributed by atoms with van der Waals surface area (Å²) in [6.45, 7) is 6.83. The molecule has 0 atom stereocenters. The van der Waals surface area contributed by atoms with Crippen molar-refractivity contribution in [3.63, 3.8) is 0 Å². The lowest BCUT2D eigenvalue weighted by Crippen LogP contribution is -2.13. The molecule has 3 heteroatoms. The van der Waals surface area contributed by atoms with E-state index < -0.39 is 0 Å². The molecule has 2 N–H and O–H groups in total. The number of benzene rings is 1. The van der Waals surface area contributed by atoms with Gasteiger partial charge in [0.1, 0.15) is 5.75 Å². The lowest BCUT2D eigenvalue weighted by molar-refractivity contribution is 0.341. The first-order valence-corrected chi connectivity index (χ1v) is 6.28. The second kappa shape index (κ2) is 5.73. The van der Waals surface area contributed by atoms with E-state index in [1.165, 1.54) is 16.6 Å². The minimum Gasteiger partial charge on any atom is -0.494 e. The van der Waals surface area contributed by atoms with E-state index in [0.717, 1.165) is 25.3 Å². The van der Waals surface area contributed by atoms with E-state index in [1.807, 2.05) is 13.0 Å². The van der Waals surface area contributed by atoms with Crippen LogP contribution in [0.15, 0.2) is 24.3 Å². The van der Waals surface area contributed by atoms with Crippen molar-refractivity contribution >= 4 is 10.9 Å². The molecule has 0 aliphatic carbocycles. The normalized spacial score (nSPS) is 10.9. The van der Waals surface area contributed by atoms with Crippen molar-refractivity contribution < 1.29 is 4.74 Å². The third-order valence-electron chi connectivity index (χ3n) is 2.70. The monoisotopic (exact) mass is 232 g/mol. The highest BCUT2D eigenvalue weighted by molar-refractivity contribution is 5.81. The van der Waals surface area contributed by atoms with Crippen molar-refractivity contribution in [1.29, 1.82) is 0 Å². The molecule has 17 heavy (non-hydrogen) atoms. The molecule has 1 heterocycles. The predicted octanol–water partition coefficient (Wildman–Crippen LogP) is 3.07. The van der Waals surface area contributed by atoms with E-state index >= 15 is 0 Å². The fourth-order valence-corrected chi connectivity index (χ4v) is 1.92. The van der Waals surface area contributed by atoms with E-state index in [1.54, 1.807) is 0 Å². The molecular weight excluding hydrogens is 212 g/mol. The molecule has 0 saturated carbocycles. The lowest BCUT2D eigenvalue weighted by atomic mass is 10.2. The molecule has 3 nitrogen and oxygen atoms in total.